The number of ether oxygens (including phenoxy) is 1. The summed E-state index contributed by atoms with van der Waals surface area (Å²) in [5.41, 5.74) is 0. The van der Waals surface area contributed by atoms with E-state index in [0.717, 1.165) is 36.2 Å². The number of nitrogens with zero attached hydrogens (tertiary/aromatic N) is 1. The largest absolute Gasteiger partial charge is 0.483 e. The first-order valence-electron chi connectivity index (χ1n) is 7.36. The Balaban J connectivity index is 1.70. The molecular weight excluding hydrogens is 264 g/mol. The standard InChI is InChI=1S/C17H20N2O2/c1-13-11-18-9-10-19(13)17(20)12-21-16-8-4-6-14-5-2-3-7-15(14)16/h2-8,13,18H,9-12H2,1H3/t13-/m0/s1. The lowest BCUT2D eigenvalue weighted by atomic mass is 10.1. The lowest BCUT2D eigenvalue weighted by Gasteiger charge is -2.33. The van der Waals surface area contributed by atoms with Gasteiger partial charge in [0.25, 0.3) is 5.91 Å². The highest BCUT2D eigenvalue weighted by molar-refractivity contribution is 5.88. The van der Waals surface area contributed by atoms with Crippen molar-refractivity contribution in [3.8, 4) is 5.75 Å². The van der Waals surface area contributed by atoms with E-state index >= 15 is 0 Å². The Morgan fingerprint density at radius 1 is 1.29 bits per heavy atom. The van der Waals surface area contributed by atoms with Crippen molar-refractivity contribution >= 4 is 16.7 Å². The zero-order chi connectivity index (χ0) is 14.7. The van der Waals surface area contributed by atoms with Crippen LogP contribution in [0.4, 0.5) is 0 Å². The summed E-state index contributed by atoms with van der Waals surface area (Å²) < 4.78 is 5.77. The maximum Gasteiger partial charge on any atom is 0.260 e. The second-order valence-electron chi connectivity index (χ2n) is 5.41. The van der Waals surface area contributed by atoms with E-state index in [1.165, 1.54) is 0 Å². The summed E-state index contributed by atoms with van der Waals surface area (Å²) in [7, 11) is 0. The van der Waals surface area contributed by atoms with Crippen LogP contribution in [0.1, 0.15) is 6.92 Å². The lowest BCUT2D eigenvalue weighted by Crippen LogP contribution is -2.53. The third-order valence-corrected chi connectivity index (χ3v) is 3.92. The SMILES string of the molecule is C[C@H]1CNCCN1C(=O)COc1cccc2ccccc12. The van der Waals surface area contributed by atoms with Gasteiger partial charge in [-0.3, -0.25) is 4.79 Å². The molecule has 1 amide bonds. The molecule has 0 unspecified atom stereocenters. The van der Waals surface area contributed by atoms with Crippen LogP contribution >= 0.6 is 0 Å². The Kier molecular flexibility index (Phi) is 4.06. The van der Waals surface area contributed by atoms with Gasteiger partial charge in [0.1, 0.15) is 5.75 Å². The first-order chi connectivity index (χ1) is 10.3. The Labute approximate surface area is 124 Å². The molecule has 1 fully saturated rings. The van der Waals surface area contributed by atoms with E-state index < -0.39 is 0 Å². The number of carbonyl (C=O) groups excluding carboxylic acids is 1. The highest BCUT2D eigenvalue weighted by Gasteiger charge is 2.23. The summed E-state index contributed by atoms with van der Waals surface area (Å²) in [6.45, 7) is 4.60. The lowest BCUT2D eigenvalue weighted by molar-refractivity contribution is -0.136. The van der Waals surface area contributed by atoms with Crippen LogP contribution in [0.2, 0.25) is 0 Å². The van der Waals surface area contributed by atoms with Crippen molar-refractivity contribution in [2.24, 2.45) is 0 Å². The number of carbonyl (C=O) groups is 1. The molecule has 0 radical (unpaired) electrons. The average molecular weight is 284 g/mol. The third kappa shape index (κ3) is 3.00. The van der Waals surface area contributed by atoms with E-state index in [1.54, 1.807) is 0 Å². The van der Waals surface area contributed by atoms with Gasteiger partial charge in [0.05, 0.1) is 0 Å². The molecule has 1 N–H and O–H groups in total. The molecule has 4 heteroatoms. The number of nitrogens with one attached hydrogen (secondary N) is 1. The van der Waals surface area contributed by atoms with E-state index in [0.29, 0.717) is 0 Å². The van der Waals surface area contributed by atoms with Crippen LogP contribution in [-0.2, 0) is 4.79 Å². The number of benzene rings is 2. The first-order valence-corrected chi connectivity index (χ1v) is 7.36. The predicted octanol–water partition coefficient (Wildman–Crippen LogP) is 2.04. The van der Waals surface area contributed by atoms with Gasteiger partial charge in [-0.2, -0.15) is 0 Å². The summed E-state index contributed by atoms with van der Waals surface area (Å²) in [5.74, 6) is 0.821. The van der Waals surface area contributed by atoms with Crippen molar-refractivity contribution in [2.45, 2.75) is 13.0 Å². The van der Waals surface area contributed by atoms with Crippen LogP contribution in [-0.4, -0.2) is 43.1 Å². The molecule has 1 saturated heterocycles. The minimum atomic E-state index is 0.0527. The maximum atomic E-state index is 12.3. The van der Waals surface area contributed by atoms with E-state index in [1.807, 2.05) is 47.4 Å². The Bertz CT molecular complexity index is 636. The number of hydrogen-bond donors (Lipinski definition) is 1. The molecule has 0 bridgehead atoms. The van der Waals surface area contributed by atoms with Crippen LogP contribution < -0.4 is 10.1 Å². The first kappa shape index (κ1) is 13.9. The Hall–Kier alpha value is -2.07. The molecular formula is C17H20N2O2. The fourth-order valence-corrected chi connectivity index (χ4v) is 2.76. The van der Waals surface area contributed by atoms with E-state index in [2.05, 4.69) is 12.2 Å². The molecule has 110 valence electrons. The molecule has 1 aliphatic rings. The normalized spacial score (nSPS) is 18.7. The van der Waals surface area contributed by atoms with Crippen molar-refractivity contribution in [2.75, 3.05) is 26.2 Å². The van der Waals surface area contributed by atoms with Crippen molar-refractivity contribution in [1.29, 1.82) is 0 Å². The van der Waals surface area contributed by atoms with Gasteiger partial charge in [0.2, 0.25) is 0 Å². The number of piperazine rings is 1. The van der Waals surface area contributed by atoms with Gasteiger partial charge in [-0.1, -0.05) is 36.4 Å². The number of rotatable bonds is 3. The van der Waals surface area contributed by atoms with Crippen LogP contribution in [0.15, 0.2) is 42.5 Å². The van der Waals surface area contributed by atoms with E-state index in [-0.39, 0.29) is 18.6 Å². The molecule has 3 rings (SSSR count). The molecule has 21 heavy (non-hydrogen) atoms. The zero-order valence-corrected chi connectivity index (χ0v) is 12.2. The van der Waals surface area contributed by atoms with Crippen molar-refractivity contribution in [3.05, 3.63) is 42.5 Å². The summed E-state index contributed by atoms with van der Waals surface area (Å²) in [6.07, 6.45) is 0. The van der Waals surface area contributed by atoms with Gasteiger partial charge in [-0.25, -0.2) is 0 Å². The summed E-state index contributed by atoms with van der Waals surface area (Å²) >= 11 is 0. The topological polar surface area (TPSA) is 41.6 Å². The van der Waals surface area contributed by atoms with Gasteiger partial charge in [-0.15, -0.1) is 0 Å². The van der Waals surface area contributed by atoms with Gasteiger partial charge in [0, 0.05) is 31.1 Å². The second-order valence-corrected chi connectivity index (χ2v) is 5.41. The molecule has 0 aliphatic carbocycles. The number of hydrogen-bond acceptors (Lipinski definition) is 3. The van der Waals surface area contributed by atoms with Crippen LogP contribution in [0.3, 0.4) is 0 Å². The fourth-order valence-electron chi connectivity index (χ4n) is 2.76. The predicted molar refractivity (Wildman–Crippen MR) is 83.5 cm³/mol. The number of amides is 1. The number of fused-ring (bicyclic) bond motifs is 1. The Morgan fingerprint density at radius 2 is 2.10 bits per heavy atom. The smallest absolute Gasteiger partial charge is 0.260 e. The minimum absolute atomic E-state index is 0.0527. The molecule has 0 aromatic heterocycles. The zero-order valence-electron chi connectivity index (χ0n) is 12.2. The molecule has 0 spiro atoms. The summed E-state index contributed by atoms with van der Waals surface area (Å²) in [6, 6.07) is 14.2. The fraction of sp³-hybridized carbons (Fsp3) is 0.353. The van der Waals surface area contributed by atoms with Gasteiger partial charge in [-0.05, 0) is 18.4 Å². The highest BCUT2D eigenvalue weighted by atomic mass is 16.5. The van der Waals surface area contributed by atoms with Crippen molar-refractivity contribution in [3.63, 3.8) is 0 Å². The quantitative estimate of drug-likeness (QED) is 0.938. The van der Waals surface area contributed by atoms with Crippen molar-refractivity contribution < 1.29 is 9.53 Å². The average Bonchev–Trinajstić information content (AvgIpc) is 2.53. The van der Waals surface area contributed by atoms with Gasteiger partial charge < -0.3 is 15.0 Å². The molecule has 1 heterocycles. The van der Waals surface area contributed by atoms with E-state index in [4.69, 9.17) is 4.74 Å². The minimum Gasteiger partial charge on any atom is -0.483 e. The molecule has 2 aromatic rings. The molecule has 1 aliphatic heterocycles. The molecule has 4 nitrogen and oxygen atoms in total. The van der Waals surface area contributed by atoms with E-state index in [9.17, 15) is 4.79 Å². The summed E-state index contributed by atoms with van der Waals surface area (Å²) in [4.78, 5) is 14.2. The Morgan fingerprint density at radius 3 is 2.95 bits per heavy atom. The second kappa shape index (κ2) is 6.14. The molecule has 1 atom stereocenters. The van der Waals surface area contributed by atoms with Crippen LogP contribution in [0, 0.1) is 0 Å². The third-order valence-electron chi connectivity index (χ3n) is 3.92. The van der Waals surface area contributed by atoms with Gasteiger partial charge >= 0.3 is 0 Å². The summed E-state index contributed by atoms with van der Waals surface area (Å²) in [5, 5.41) is 5.45. The van der Waals surface area contributed by atoms with Gasteiger partial charge in [0.15, 0.2) is 6.61 Å². The van der Waals surface area contributed by atoms with Crippen molar-refractivity contribution in [1.82, 2.24) is 10.2 Å². The van der Waals surface area contributed by atoms with Crippen LogP contribution in [0.5, 0.6) is 5.75 Å². The maximum absolute atomic E-state index is 12.3. The molecule has 2 aromatic carbocycles. The van der Waals surface area contributed by atoms with Crippen LogP contribution in [0.25, 0.3) is 10.8 Å². The monoisotopic (exact) mass is 284 g/mol. The highest BCUT2D eigenvalue weighted by Crippen LogP contribution is 2.25. The molecule has 0 saturated carbocycles.